The maximum Gasteiger partial charge on any atom is 0.226 e. The first-order valence-electron chi connectivity index (χ1n) is 8.20. The van der Waals surface area contributed by atoms with Crippen LogP contribution in [0.5, 0.6) is 0 Å². The lowest BCUT2D eigenvalue weighted by Crippen LogP contribution is -2.40. The SMILES string of the molecule is CN=C(NCCC(=O)Nc1ccc(Br)cc1C)NCCn1cccc1. The summed E-state index contributed by atoms with van der Waals surface area (Å²) >= 11 is 3.42. The molecule has 1 amide bonds. The quantitative estimate of drug-likeness (QED) is 0.489. The zero-order valence-electron chi connectivity index (χ0n) is 14.6. The van der Waals surface area contributed by atoms with E-state index in [0.717, 1.165) is 28.8 Å². The molecule has 0 saturated carbocycles. The number of hydrogen-bond acceptors (Lipinski definition) is 2. The van der Waals surface area contributed by atoms with Crippen LogP contribution in [0, 0.1) is 6.92 Å². The van der Waals surface area contributed by atoms with Crippen LogP contribution in [0.3, 0.4) is 0 Å². The molecular formula is C18H24BrN5O. The summed E-state index contributed by atoms with van der Waals surface area (Å²) in [5.41, 5.74) is 1.86. The molecule has 1 heterocycles. The first-order valence-corrected chi connectivity index (χ1v) is 8.99. The Bertz CT molecular complexity index is 712. The summed E-state index contributed by atoms with van der Waals surface area (Å²) < 4.78 is 3.09. The van der Waals surface area contributed by atoms with Crippen LogP contribution < -0.4 is 16.0 Å². The van der Waals surface area contributed by atoms with Crippen molar-refractivity contribution in [2.24, 2.45) is 4.99 Å². The minimum atomic E-state index is -0.0271. The van der Waals surface area contributed by atoms with Crippen LogP contribution in [-0.2, 0) is 11.3 Å². The Labute approximate surface area is 156 Å². The van der Waals surface area contributed by atoms with Gasteiger partial charge in [0.25, 0.3) is 0 Å². The number of nitrogens with one attached hydrogen (secondary N) is 3. The normalized spacial score (nSPS) is 11.2. The van der Waals surface area contributed by atoms with E-state index >= 15 is 0 Å². The van der Waals surface area contributed by atoms with Gasteiger partial charge in [0.05, 0.1) is 0 Å². The fourth-order valence-corrected chi connectivity index (χ4v) is 2.79. The number of halogens is 1. The molecule has 0 bridgehead atoms. The first kappa shape index (κ1) is 19.1. The van der Waals surface area contributed by atoms with Crippen molar-refractivity contribution in [1.29, 1.82) is 0 Å². The molecule has 0 atom stereocenters. The number of guanidine groups is 1. The molecule has 2 rings (SSSR count). The summed E-state index contributed by atoms with van der Waals surface area (Å²) in [5.74, 6) is 0.667. The third-order valence-electron chi connectivity index (χ3n) is 3.66. The number of rotatable bonds is 7. The Kier molecular flexibility index (Phi) is 7.53. The van der Waals surface area contributed by atoms with Crippen molar-refractivity contribution in [2.45, 2.75) is 19.9 Å². The van der Waals surface area contributed by atoms with Crippen LogP contribution in [0.4, 0.5) is 5.69 Å². The molecule has 0 fully saturated rings. The maximum atomic E-state index is 12.1. The Balaban J connectivity index is 1.68. The van der Waals surface area contributed by atoms with Crippen molar-refractivity contribution in [3.63, 3.8) is 0 Å². The van der Waals surface area contributed by atoms with Gasteiger partial charge in [-0.1, -0.05) is 15.9 Å². The highest BCUT2D eigenvalue weighted by atomic mass is 79.9. The molecule has 1 aromatic heterocycles. The van der Waals surface area contributed by atoms with Crippen molar-refractivity contribution >= 4 is 33.5 Å². The molecule has 0 unspecified atom stereocenters. The molecule has 0 aliphatic heterocycles. The molecule has 25 heavy (non-hydrogen) atoms. The predicted molar refractivity (Wildman–Crippen MR) is 106 cm³/mol. The number of amides is 1. The van der Waals surface area contributed by atoms with Gasteiger partial charge in [0.15, 0.2) is 5.96 Å². The predicted octanol–water partition coefficient (Wildman–Crippen LogP) is 2.75. The van der Waals surface area contributed by atoms with Gasteiger partial charge in [-0.05, 0) is 42.8 Å². The van der Waals surface area contributed by atoms with E-state index in [1.807, 2.05) is 49.6 Å². The van der Waals surface area contributed by atoms with Crippen LogP contribution in [-0.4, -0.2) is 36.6 Å². The third-order valence-corrected chi connectivity index (χ3v) is 4.15. The Hall–Kier alpha value is -2.28. The number of hydrogen-bond donors (Lipinski definition) is 3. The lowest BCUT2D eigenvalue weighted by atomic mass is 10.2. The van der Waals surface area contributed by atoms with Crippen LogP contribution in [0.1, 0.15) is 12.0 Å². The van der Waals surface area contributed by atoms with E-state index in [4.69, 9.17) is 0 Å². The minimum absolute atomic E-state index is 0.0271. The molecule has 6 nitrogen and oxygen atoms in total. The molecule has 0 radical (unpaired) electrons. The fourth-order valence-electron chi connectivity index (χ4n) is 2.32. The van der Waals surface area contributed by atoms with Crippen LogP contribution in [0.25, 0.3) is 0 Å². The van der Waals surface area contributed by atoms with Crippen molar-refractivity contribution in [3.8, 4) is 0 Å². The number of aryl methyl sites for hydroxylation is 1. The van der Waals surface area contributed by atoms with Gasteiger partial charge < -0.3 is 20.5 Å². The zero-order valence-corrected chi connectivity index (χ0v) is 16.1. The molecule has 0 spiro atoms. The standard InChI is InChI=1S/C18H24BrN5O/c1-14-13-15(19)5-6-16(14)23-17(25)7-8-21-18(20-2)22-9-12-24-10-3-4-11-24/h3-6,10-11,13H,7-9,12H2,1-2H3,(H,23,25)(H2,20,21,22). The number of aliphatic imine (C=N–C) groups is 1. The lowest BCUT2D eigenvalue weighted by Gasteiger charge is -2.13. The molecule has 0 saturated heterocycles. The van der Waals surface area contributed by atoms with E-state index < -0.39 is 0 Å². The fraction of sp³-hybridized carbons (Fsp3) is 0.333. The average Bonchev–Trinajstić information content (AvgIpc) is 3.09. The van der Waals surface area contributed by atoms with Crippen molar-refractivity contribution in [1.82, 2.24) is 15.2 Å². The van der Waals surface area contributed by atoms with E-state index in [2.05, 4.69) is 41.4 Å². The smallest absolute Gasteiger partial charge is 0.226 e. The number of carbonyl (C=O) groups is 1. The topological polar surface area (TPSA) is 70.4 Å². The number of anilines is 1. The first-order chi connectivity index (χ1) is 12.1. The summed E-state index contributed by atoms with van der Waals surface area (Å²) in [6, 6.07) is 9.78. The van der Waals surface area contributed by atoms with Gasteiger partial charge in [0.2, 0.25) is 5.91 Å². The number of carbonyl (C=O) groups excluding carboxylic acids is 1. The summed E-state index contributed by atoms with van der Waals surface area (Å²) in [7, 11) is 1.72. The molecule has 7 heteroatoms. The molecule has 0 aliphatic carbocycles. The summed E-state index contributed by atoms with van der Waals surface area (Å²) in [4.78, 5) is 16.2. The lowest BCUT2D eigenvalue weighted by molar-refractivity contribution is -0.116. The van der Waals surface area contributed by atoms with Gasteiger partial charge in [-0.3, -0.25) is 9.79 Å². The Morgan fingerprint density at radius 2 is 1.92 bits per heavy atom. The second-order valence-corrected chi connectivity index (χ2v) is 6.52. The summed E-state index contributed by atoms with van der Waals surface area (Å²) in [6.45, 7) is 4.11. The zero-order chi connectivity index (χ0) is 18.1. The molecule has 3 N–H and O–H groups in total. The highest BCUT2D eigenvalue weighted by molar-refractivity contribution is 9.10. The van der Waals surface area contributed by atoms with Crippen LogP contribution in [0.2, 0.25) is 0 Å². The van der Waals surface area contributed by atoms with E-state index in [1.54, 1.807) is 7.05 Å². The number of nitrogens with zero attached hydrogens (tertiary/aromatic N) is 2. The minimum Gasteiger partial charge on any atom is -0.356 e. The number of aromatic nitrogens is 1. The second kappa shape index (κ2) is 9.88. The van der Waals surface area contributed by atoms with E-state index in [1.165, 1.54) is 0 Å². The Morgan fingerprint density at radius 3 is 2.60 bits per heavy atom. The van der Waals surface area contributed by atoms with Gasteiger partial charge in [-0.15, -0.1) is 0 Å². The van der Waals surface area contributed by atoms with E-state index in [-0.39, 0.29) is 5.91 Å². The maximum absolute atomic E-state index is 12.1. The average molecular weight is 406 g/mol. The third kappa shape index (κ3) is 6.62. The number of benzene rings is 1. The summed E-state index contributed by atoms with van der Waals surface area (Å²) in [6.07, 6.45) is 4.41. The molecule has 2 aromatic rings. The molecule has 1 aromatic carbocycles. The van der Waals surface area contributed by atoms with Gasteiger partial charge in [-0.2, -0.15) is 0 Å². The van der Waals surface area contributed by atoms with Crippen LogP contribution >= 0.6 is 15.9 Å². The van der Waals surface area contributed by atoms with Crippen LogP contribution in [0.15, 0.2) is 52.2 Å². The van der Waals surface area contributed by atoms with Crippen molar-refractivity contribution in [3.05, 3.63) is 52.8 Å². The highest BCUT2D eigenvalue weighted by Crippen LogP contribution is 2.19. The monoisotopic (exact) mass is 405 g/mol. The largest absolute Gasteiger partial charge is 0.356 e. The molecule has 0 aliphatic rings. The van der Waals surface area contributed by atoms with E-state index in [9.17, 15) is 4.79 Å². The van der Waals surface area contributed by atoms with Gasteiger partial charge >= 0.3 is 0 Å². The van der Waals surface area contributed by atoms with Gasteiger partial charge in [0, 0.05) is 55.7 Å². The molecule has 134 valence electrons. The van der Waals surface area contributed by atoms with Gasteiger partial charge in [0.1, 0.15) is 0 Å². The Morgan fingerprint density at radius 1 is 1.20 bits per heavy atom. The highest BCUT2D eigenvalue weighted by Gasteiger charge is 2.06. The summed E-state index contributed by atoms with van der Waals surface area (Å²) in [5, 5.41) is 9.31. The second-order valence-electron chi connectivity index (χ2n) is 5.60. The van der Waals surface area contributed by atoms with Crippen molar-refractivity contribution in [2.75, 3.05) is 25.5 Å². The molecular weight excluding hydrogens is 382 g/mol. The van der Waals surface area contributed by atoms with E-state index in [0.29, 0.717) is 18.9 Å². The van der Waals surface area contributed by atoms with Crippen molar-refractivity contribution < 1.29 is 4.79 Å². The van der Waals surface area contributed by atoms with Gasteiger partial charge in [-0.25, -0.2) is 0 Å².